The van der Waals surface area contributed by atoms with Crippen molar-refractivity contribution in [1.82, 2.24) is 15.5 Å². The van der Waals surface area contributed by atoms with Crippen LogP contribution < -0.4 is 10.6 Å². The molecule has 1 aliphatic heterocycles. The molecule has 6 nitrogen and oxygen atoms in total. The number of likely N-dealkylation sites (tertiary alicyclic amines) is 1. The number of hydrogen-bond acceptors (Lipinski definition) is 4. The fraction of sp³-hybridized carbons (Fsp3) is 0.481. The van der Waals surface area contributed by atoms with Crippen molar-refractivity contribution in [3.63, 3.8) is 0 Å². The predicted molar refractivity (Wildman–Crippen MR) is 144 cm³/mol. The molecule has 1 aliphatic rings. The van der Waals surface area contributed by atoms with Crippen molar-refractivity contribution in [3.8, 4) is 0 Å². The number of halogens is 2. The van der Waals surface area contributed by atoms with Crippen LogP contribution in [0.3, 0.4) is 0 Å². The molecule has 0 radical (unpaired) electrons. The molecule has 1 heterocycles. The van der Waals surface area contributed by atoms with E-state index in [0.717, 1.165) is 37.9 Å². The molecule has 1 atom stereocenters. The molecule has 2 N–H and O–H groups in total. The third kappa shape index (κ3) is 7.72. The van der Waals surface area contributed by atoms with Crippen molar-refractivity contribution in [3.05, 3.63) is 68.0 Å². The van der Waals surface area contributed by atoms with E-state index in [1.165, 1.54) is 17.7 Å². The fourth-order valence-electron chi connectivity index (χ4n) is 4.44. The van der Waals surface area contributed by atoms with Crippen LogP contribution in [0.25, 0.3) is 0 Å². The van der Waals surface area contributed by atoms with Crippen LogP contribution in [0.2, 0.25) is 0 Å². The third-order valence-corrected chi connectivity index (χ3v) is 7.36. The Morgan fingerprint density at radius 1 is 1.14 bits per heavy atom. The molecule has 0 bridgehead atoms. The Bertz CT molecular complexity index is 1020. The SMILES string of the molecule is CCOCCCNC(=O)c1ccc(C(C)N2CCC(NC(=O)c3ccc(F)c(I)c3)CC2)c(C)c1. The van der Waals surface area contributed by atoms with Crippen molar-refractivity contribution in [2.24, 2.45) is 0 Å². The van der Waals surface area contributed by atoms with Crippen molar-refractivity contribution in [1.29, 1.82) is 0 Å². The average molecular weight is 595 g/mol. The zero-order valence-corrected chi connectivity index (χ0v) is 22.9. The number of nitrogens with one attached hydrogen (secondary N) is 2. The maximum atomic E-state index is 13.5. The molecular weight excluding hydrogens is 560 g/mol. The third-order valence-electron chi connectivity index (χ3n) is 6.53. The van der Waals surface area contributed by atoms with E-state index in [9.17, 15) is 14.0 Å². The second kappa shape index (κ2) is 13.3. The monoisotopic (exact) mass is 595 g/mol. The summed E-state index contributed by atoms with van der Waals surface area (Å²) in [5.74, 6) is -0.529. The quantitative estimate of drug-likeness (QED) is 0.305. The highest BCUT2D eigenvalue weighted by atomic mass is 127. The Morgan fingerprint density at radius 3 is 2.49 bits per heavy atom. The first-order valence-electron chi connectivity index (χ1n) is 12.3. The Balaban J connectivity index is 1.50. The number of carbonyl (C=O) groups is 2. The van der Waals surface area contributed by atoms with E-state index < -0.39 is 0 Å². The lowest BCUT2D eigenvalue weighted by molar-refractivity contribution is 0.0893. The van der Waals surface area contributed by atoms with E-state index in [0.29, 0.717) is 34.5 Å². The molecule has 35 heavy (non-hydrogen) atoms. The summed E-state index contributed by atoms with van der Waals surface area (Å²) in [6.07, 6.45) is 2.51. The number of piperidine rings is 1. The summed E-state index contributed by atoms with van der Waals surface area (Å²) in [5.41, 5.74) is 3.47. The lowest BCUT2D eigenvalue weighted by Gasteiger charge is -2.37. The van der Waals surface area contributed by atoms with Gasteiger partial charge in [0.15, 0.2) is 0 Å². The van der Waals surface area contributed by atoms with Crippen LogP contribution >= 0.6 is 22.6 Å². The van der Waals surface area contributed by atoms with E-state index in [1.54, 1.807) is 6.07 Å². The molecule has 1 unspecified atom stereocenters. The van der Waals surface area contributed by atoms with Crippen molar-refractivity contribution < 1.29 is 18.7 Å². The summed E-state index contributed by atoms with van der Waals surface area (Å²) in [6, 6.07) is 10.7. The first-order chi connectivity index (χ1) is 16.8. The minimum Gasteiger partial charge on any atom is -0.382 e. The van der Waals surface area contributed by atoms with Crippen molar-refractivity contribution >= 4 is 34.4 Å². The molecule has 0 aromatic heterocycles. The number of nitrogens with zero attached hydrogens (tertiary/aromatic N) is 1. The molecule has 190 valence electrons. The van der Waals surface area contributed by atoms with Gasteiger partial charge in [-0.3, -0.25) is 14.5 Å². The van der Waals surface area contributed by atoms with Gasteiger partial charge in [-0.15, -0.1) is 0 Å². The average Bonchev–Trinajstić information content (AvgIpc) is 2.85. The summed E-state index contributed by atoms with van der Waals surface area (Å²) < 4.78 is 19.2. The van der Waals surface area contributed by atoms with Gasteiger partial charge in [-0.1, -0.05) is 6.07 Å². The van der Waals surface area contributed by atoms with Crippen molar-refractivity contribution in [2.45, 2.75) is 52.1 Å². The second-order valence-corrected chi connectivity index (χ2v) is 10.1. The van der Waals surface area contributed by atoms with Crippen molar-refractivity contribution in [2.75, 3.05) is 32.8 Å². The molecule has 3 rings (SSSR count). The van der Waals surface area contributed by atoms with Crippen LogP contribution in [0.5, 0.6) is 0 Å². The zero-order chi connectivity index (χ0) is 25.4. The minimum atomic E-state index is -0.314. The number of rotatable bonds is 10. The van der Waals surface area contributed by atoms with Gasteiger partial charge in [0.1, 0.15) is 5.82 Å². The second-order valence-electron chi connectivity index (χ2n) is 8.97. The Morgan fingerprint density at radius 2 is 1.83 bits per heavy atom. The topological polar surface area (TPSA) is 70.7 Å². The van der Waals surface area contributed by atoms with Gasteiger partial charge in [0, 0.05) is 59.6 Å². The van der Waals surface area contributed by atoms with Gasteiger partial charge >= 0.3 is 0 Å². The lowest BCUT2D eigenvalue weighted by Crippen LogP contribution is -2.45. The highest BCUT2D eigenvalue weighted by molar-refractivity contribution is 14.1. The molecule has 1 fully saturated rings. The molecule has 2 amide bonds. The van der Waals surface area contributed by atoms with Gasteiger partial charge in [0.05, 0.1) is 0 Å². The van der Waals surface area contributed by atoms with Crippen LogP contribution in [0.4, 0.5) is 4.39 Å². The minimum absolute atomic E-state index is 0.0591. The number of carbonyl (C=O) groups excluding carboxylic acids is 2. The predicted octanol–water partition coefficient (Wildman–Crippen LogP) is 4.85. The van der Waals surface area contributed by atoms with Gasteiger partial charge < -0.3 is 15.4 Å². The molecule has 8 heteroatoms. The van der Waals surface area contributed by atoms with Gasteiger partial charge in [0.2, 0.25) is 0 Å². The summed E-state index contributed by atoms with van der Waals surface area (Å²) in [6.45, 7) is 9.88. The van der Waals surface area contributed by atoms with E-state index >= 15 is 0 Å². The van der Waals surface area contributed by atoms with Crippen LogP contribution in [-0.2, 0) is 4.74 Å². The van der Waals surface area contributed by atoms with Gasteiger partial charge in [-0.2, -0.15) is 0 Å². The normalized spacial score (nSPS) is 15.6. The molecule has 0 saturated carbocycles. The highest BCUT2D eigenvalue weighted by Gasteiger charge is 2.26. The Hall–Kier alpha value is -2.04. The Labute approximate surface area is 221 Å². The van der Waals surface area contributed by atoms with E-state index in [-0.39, 0.29) is 29.7 Å². The van der Waals surface area contributed by atoms with E-state index in [4.69, 9.17) is 4.74 Å². The van der Waals surface area contributed by atoms with Gasteiger partial charge in [-0.25, -0.2) is 4.39 Å². The fourth-order valence-corrected chi connectivity index (χ4v) is 4.96. The standard InChI is InChI=1S/C27H35FIN3O3/c1-4-35-15-5-12-30-26(33)20-6-8-23(18(2)16-20)19(3)32-13-10-22(11-14-32)31-27(34)21-7-9-24(28)25(29)17-21/h6-9,16-17,19,22H,4-5,10-15H2,1-3H3,(H,30,33)(H,31,34). The van der Waals surface area contributed by atoms with Gasteiger partial charge in [0.25, 0.3) is 11.8 Å². The summed E-state index contributed by atoms with van der Waals surface area (Å²) in [5, 5.41) is 6.05. The first kappa shape index (κ1) is 27.5. The smallest absolute Gasteiger partial charge is 0.251 e. The number of aryl methyl sites for hydroxylation is 1. The first-order valence-corrected chi connectivity index (χ1v) is 13.3. The number of amides is 2. The van der Waals surface area contributed by atoms with Crippen LogP contribution in [0.1, 0.15) is 71.0 Å². The van der Waals surface area contributed by atoms with Crippen LogP contribution in [-0.4, -0.2) is 55.6 Å². The Kier molecular flexibility index (Phi) is 10.5. The number of benzene rings is 2. The van der Waals surface area contributed by atoms with Crippen LogP contribution in [0.15, 0.2) is 36.4 Å². The maximum Gasteiger partial charge on any atom is 0.251 e. The molecule has 0 spiro atoms. The summed E-state index contributed by atoms with van der Waals surface area (Å²) in [7, 11) is 0. The van der Waals surface area contributed by atoms with E-state index in [2.05, 4.69) is 35.4 Å². The van der Waals surface area contributed by atoms with Gasteiger partial charge in [-0.05, 0) is 104 Å². The van der Waals surface area contributed by atoms with E-state index in [1.807, 2.05) is 41.6 Å². The molecule has 2 aromatic carbocycles. The highest BCUT2D eigenvalue weighted by Crippen LogP contribution is 2.27. The summed E-state index contributed by atoms with van der Waals surface area (Å²) in [4.78, 5) is 27.4. The number of hydrogen-bond donors (Lipinski definition) is 2. The molecule has 2 aromatic rings. The number of ether oxygens (including phenoxy) is 1. The zero-order valence-electron chi connectivity index (χ0n) is 20.7. The summed E-state index contributed by atoms with van der Waals surface area (Å²) >= 11 is 1.90. The maximum absolute atomic E-state index is 13.5. The largest absolute Gasteiger partial charge is 0.382 e. The lowest BCUT2D eigenvalue weighted by atomic mass is 9.95. The molecule has 0 aliphatic carbocycles. The van der Waals surface area contributed by atoms with Crippen LogP contribution in [0, 0.1) is 16.3 Å². The molecule has 1 saturated heterocycles. The molecular formula is C27H35FIN3O3.